The summed E-state index contributed by atoms with van der Waals surface area (Å²) in [5, 5.41) is 0. The predicted molar refractivity (Wildman–Crippen MR) is 80.4 cm³/mol. The molecule has 0 spiro atoms. The van der Waals surface area contributed by atoms with Crippen LogP contribution in [0.4, 0.5) is 0 Å². The van der Waals surface area contributed by atoms with Crippen LogP contribution in [0, 0.1) is 0 Å². The van der Waals surface area contributed by atoms with Gasteiger partial charge in [0, 0.05) is 17.2 Å². The van der Waals surface area contributed by atoms with Crippen molar-refractivity contribution >= 4 is 5.84 Å². The molecule has 0 heterocycles. The van der Waals surface area contributed by atoms with E-state index in [1.165, 1.54) is 0 Å². The lowest BCUT2D eigenvalue weighted by molar-refractivity contribution is 0.391. The van der Waals surface area contributed by atoms with Crippen LogP contribution in [0.1, 0.15) is 11.1 Å². The molecule has 0 fully saturated rings. The first-order chi connectivity index (χ1) is 9.74. The molecule has 2 aromatic rings. The van der Waals surface area contributed by atoms with Crippen LogP contribution in [0.2, 0.25) is 0 Å². The van der Waals surface area contributed by atoms with Gasteiger partial charge in [-0.1, -0.05) is 30.3 Å². The number of methoxy groups -OCH3 is 2. The lowest BCUT2D eigenvalue weighted by Gasteiger charge is -2.09. The van der Waals surface area contributed by atoms with Gasteiger partial charge in [0.15, 0.2) is 0 Å². The number of aliphatic imine (C=N–C) groups is 1. The highest BCUT2D eigenvalue weighted by Gasteiger charge is 2.05. The fourth-order valence-electron chi connectivity index (χ4n) is 1.85. The Morgan fingerprint density at radius 2 is 1.80 bits per heavy atom. The smallest absolute Gasteiger partial charge is 0.127 e. The van der Waals surface area contributed by atoms with E-state index in [2.05, 4.69) is 4.99 Å². The summed E-state index contributed by atoms with van der Waals surface area (Å²) in [4.78, 5) is 4.40. The Kier molecular flexibility index (Phi) is 4.60. The molecule has 4 heteroatoms. The maximum atomic E-state index is 5.97. The first-order valence-corrected chi connectivity index (χ1v) is 6.31. The molecule has 0 radical (unpaired) electrons. The molecule has 0 saturated carbocycles. The number of benzene rings is 2. The van der Waals surface area contributed by atoms with Crippen molar-refractivity contribution in [2.75, 3.05) is 14.2 Å². The highest BCUT2D eigenvalue weighted by atomic mass is 16.5. The third kappa shape index (κ3) is 3.29. The Labute approximate surface area is 118 Å². The van der Waals surface area contributed by atoms with E-state index >= 15 is 0 Å². The topological polar surface area (TPSA) is 56.8 Å². The quantitative estimate of drug-likeness (QED) is 0.671. The van der Waals surface area contributed by atoms with Crippen LogP contribution in [-0.4, -0.2) is 20.1 Å². The fourth-order valence-corrected chi connectivity index (χ4v) is 1.85. The van der Waals surface area contributed by atoms with Gasteiger partial charge in [-0.15, -0.1) is 0 Å². The highest BCUT2D eigenvalue weighted by molar-refractivity contribution is 5.97. The van der Waals surface area contributed by atoms with Gasteiger partial charge in [-0.25, -0.2) is 0 Å². The van der Waals surface area contributed by atoms with Crippen molar-refractivity contribution in [1.82, 2.24) is 0 Å². The van der Waals surface area contributed by atoms with Crippen molar-refractivity contribution in [3.8, 4) is 11.5 Å². The van der Waals surface area contributed by atoms with Crippen molar-refractivity contribution < 1.29 is 9.47 Å². The second-order valence-corrected chi connectivity index (χ2v) is 4.25. The Bertz CT molecular complexity index is 595. The summed E-state index contributed by atoms with van der Waals surface area (Å²) < 4.78 is 10.5. The zero-order valence-corrected chi connectivity index (χ0v) is 11.7. The molecule has 0 aliphatic carbocycles. The van der Waals surface area contributed by atoms with E-state index in [4.69, 9.17) is 15.2 Å². The first-order valence-electron chi connectivity index (χ1n) is 6.31. The average Bonchev–Trinajstić information content (AvgIpc) is 2.53. The number of ether oxygens (including phenoxy) is 2. The van der Waals surface area contributed by atoms with Gasteiger partial charge >= 0.3 is 0 Å². The van der Waals surface area contributed by atoms with E-state index in [-0.39, 0.29) is 0 Å². The molecular weight excluding hydrogens is 252 g/mol. The van der Waals surface area contributed by atoms with Crippen LogP contribution in [0.5, 0.6) is 11.5 Å². The Morgan fingerprint density at radius 1 is 1.05 bits per heavy atom. The minimum atomic E-state index is 0.466. The number of hydrogen-bond acceptors (Lipinski definition) is 3. The first kappa shape index (κ1) is 13.9. The maximum absolute atomic E-state index is 5.97. The summed E-state index contributed by atoms with van der Waals surface area (Å²) in [6.07, 6.45) is 0. The standard InChI is InChI=1S/C16H18N2O2/c1-19-14-9-8-13(15(10-14)20-2)11-18-16(17)12-6-4-3-5-7-12/h3-10H,11H2,1-2H3,(H2,17,18). The van der Waals surface area contributed by atoms with E-state index in [0.717, 1.165) is 22.6 Å². The van der Waals surface area contributed by atoms with Gasteiger partial charge in [-0.2, -0.15) is 0 Å². The van der Waals surface area contributed by atoms with Crippen LogP contribution < -0.4 is 15.2 Å². The summed E-state index contributed by atoms with van der Waals surface area (Å²) in [5.74, 6) is 2.02. The molecule has 0 aromatic heterocycles. The normalized spacial score (nSPS) is 11.2. The van der Waals surface area contributed by atoms with Crippen LogP contribution in [-0.2, 0) is 6.54 Å². The summed E-state index contributed by atoms with van der Waals surface area (Å²) in [6.45, 7) is 0.466. The van der Waals surface area contributed by atoms with Gasteiger partial charge in [-0.3, -0.25) is 4.99 Å². The summed E-state index contributed by atoms with van der Waals surface area (Å²) in [7, 11) is 3.25. The zero-order chi connectivity index (χ0) is 14.4. The lowest BCUT2D eigenvalue weighted by Crippen LogP contribution is -2.13. The summed E-state index contributed by atoms with van der Waals surface area (Å²) in [6, 6.07) is 15.3. The molecule has 0 saturated heterocycles. The molecule has 104 valence electrons. The SMILES string of the molecule is COc1ccc(CN=C(N)c2ccccc2)c(OC)c1. The number of nitrogens with two attached hydrogens (primary N) is 1. The van der Waals surface area contributed by atoms with Crippen LogP contribution in [0.3, 0.4) is 0 Å². The van der Waals surface area contributed by atoms with Crippen molar-refractivity contribution in [2.45, 2.75) is 6.54 Å². The average molecular weight is 270 g/mol. The molecule has 0 unspecified atom stereocenters. The van der Waals surface area contributed by atoms with E-state index in [0.29, 0.717) is 12.4 Å². The molecular formula is C16H18N2O2. The molecule has 20 heavy (non-hydrogen) atoms. The summed E-state index contributed by atoms with van der Waals surface area (Å²) >= 11 is 0. The molecule has 2 aromatic carbocycles. The Morgan fingerprint density at radius 3 is 2.45 bits per heavy atom. The molecule has 0 atom stereocenters. The minimum Gasteiger partial charge on any atom is -0.497 e. The van der Waals surface area contributed by atoms with E-state index < -0.39 is 0 Å². The van der Waals surface area contributed by atoms with Crippen molar-refractivity contribution in [2.24, 2.45) is 10.7 Å². The Balaban J connectivity index is 2.18. The number of rotatable bonds is 5. The van der Waals surface area contributed by atoms with Gasteiger partial charge in [0.25, 0.3) is 0 Å². The highest BCUT2D eigenvalue weighted by Crippen LogP contribution is 2.25. The molecule has 0 amide bonds. The fraction of sp³-hybridized carbons (Fsp3) is 0.188. The monoisotopic (exact) mass is 270 g/mol. The second kappa shape index (κ2) is 6.61. The minimum absolute atomic E-state index is 0.466. The van der Waals surface area contributed by atoms with Crippen LogP contribution in [0.25, 0.3) is 0 Å². The number of hydrogen-bond donors (Lipinski definition) is 1. The molecule has 2 N–H and O–H groups in total. The predicted octanol–water partition coefficient (Wildman–Crippen LogP) is 2.61. The molecule has 0 aliphatic heterocycles. The van der Waals surface area contributed by atoms with Crippen molar-refractivity contribution in [3.05, 3.63) is 59.7 Å². The van der Waals surface area contributed by atoms with Gasteiger partial charge in [0.2, 0.25) is 0 Å². The maximum Gasteiger partial charge on any atom is 0.127 e. The van der Waals surface area contributed by atoms with Gasteiger partial charge in [0.05, 0.1) is 20.8 Å². The third-order valence-corrected chi connectivity index (χ3v) is 2.98. The van der Waals surface area contributed by atoms with Gasteiger partial charge in [-0.05, 0) is 12.1 Å². The zero-order valence-electron chi connectivity index (χ0n) is 11.7. The largest absolute Gasteiger partial charge is 0.497 e. The van der Waals surface area contributed by atoms with E-state index in [9.17, 15) is 0 Å². The van der Waals surface area contributed by atoms with Crippen LogP contribution >= 0.6 is 0 Å². The molecule has 4 nitrogen and oxygen atoms in total. The van der Waals surface area contributed by atoms with Gasteiger partial charge < -0.3 is 15.2 Å². The summed E-state index contributed by atoms with van der Waals surface area (Å²) in [5.41, 5.74) is 7.86. The Hall–Kier alpha value is -2.49. The van der Waals surface area contributed by atoms with Crippen molar-refractivity contribution in [1.29, 1.82) is 0 Å². The molecule has 2 rings (SSSR count). The van der Waals surface area contributed by atoms with Crippen molar-refractivity contribution in [3.63, 3.8) is 0 Å². The van der Waals surface area contributed by atoms with E-state index in [1.807, 2.05) is 48.5 Å². The van der Waals surface area contributed by atoms with Crippen LogP contribution in [0.15, 0.2) is 53.5 Å². The van der Waals surface area contributed by atoms with Gasteiger partial charge in [0.1, 0.15) is 17.3 Å². The lowest BCUT2D eigenvalue weighted by atomic mass is 10.2. The molecule has 0 bridgehead atoms. The number of nitrogens with zero attached hydrogens (tertiary/aromatic N) is 1. The molecule has 0 aliphatic rings. The third-order valence-electron chi connectivity index (χ3n) is 2.98. The second-order valence-electron chi connectivity index (χ2n) is 4.25. The number of amidine groups is 1. The van der Waals surface area contributed by atoms with E-state index in [1.54, 1.807) is 14.2 Å².